The van der Waals surface area contributed by atoms with Crippen LogP contribution in [0.25, 0.3) is 0 Å². The lowest BCUT2D eigenvalue weighted by atomic mass is 9.44. The molecule has 1 aliphatic heterocycles. The molecule has 4 saturated carbocycles. The number of hydrogen-bond donors (Lipinski definition) is 1. The van der Waals surface area contributed by atoms with Crippen LogP contribution in [0.5, 0.6) is 0 Å². The van der Waals surface area contributed by atoms with E-state index < -0.39 is 17.0 Å². The molecule has 7 heteroatoms. The second-order valence-electron chi connectivity index (χ2n) is 11.6. The fraction of sp³-hybridized carbons (Fsp3) is 0.880. The van der Waals surface area contributed by atoms with Crippen molar-refractivity contribution in [2.45, 2.75) is 102 Å². The van der Waals surface area contributed by atoms with Crippen LogP contribution in [0, 0.1) is 28.6 Å². The summed E-state index contributed by atoms with van der Waals surface area (Å²) in [5.41, 5.74) is -2.11. The highest BCUT2D eigenvalue weighted by Crippen LogP contribution is 2.74. The molecule has 0 radical (unpaired) electrons. The van der Waals surface area contributed by atoms with E-state index in [1.807, 2.05) is 0 Å². The maximum atomic E-state index is 13.0. The van der Waals surface area contributed by atoms with Gasteiger partial charge in [0.15, 0.2) is 6.61 Å². The molecule has 178 valence electrons. The molecule has 0 bridgehead atoms. The average Bonchev–Trinajstić information content (AvgIpc) is 3.34. The molecule has 1 heterocycles. The van der Waals surface area contributed by atoms with Gasteiger partial charge >= 0.3 is 11.9 Å². The number of rotatable bonds is 4. The van der Waals surface area contributed by atoms with E-state index in [9.17, 15) is 19.5 Å². The van der Waals surface area contributed by atoms with Gasteiger partial charge < -0.3 is 19.3 Å². The van der Waals surface area contributed by atoms with Crippen LogP contribution in [0.3, 0.4) is 0 Å². The monoisotopic (exact) mass is 448 g/mol. The average molecular weight is 449 g/mol. The minimum Gasteiger partial charge on any atom is -0.462 e. The van der Waals surface area contributed by atoms with Gasteiger partial charge in [-0.05, 0) is 62.7 Å². The second kappa shape index (κ2) is 7.02. The van der Waals surface area contributed by atoms with Crippen LogP contribution in [0.15, 0.2) is 0 Å². The zero-order valence-corrected chi connectivity index (χ0v) is 19.6. The molecule has 1 N–H and O–H groups in total. The van der Waals surface area contributed by atoms with Crippen LogP contribution < -0.4 is 0 Å². The van der Waals surface area contributed by atoms with Crippen molar-refractivity contribution in [1.82, 2.24) is 0 Å². The van der Waals surface area contributed by atoms with Crippen LogP contribution >= 0.6 is 0 Å². The summed E-state index contributed by atoms with van der Waals surface area (Å²) in [7, 11) is 0. The highest BCUT2D eigenvalue weighted by atomic mass is 16.6. The Bertz CT molecular complexity index is 855. The summed E-state index contributed by atoms with van der Waals surface area (Å²) in [6, 6.07) is 0. The van der Waals surface area contributed by atoms with Gasteiger partial charge in [0, 0.05) is 31.1 Å². The number of esters is 2. The van der Waals surface area contributed by atoms with Gasteiger partial charge in [-0.3, -0.25) is 14.4 Å². The van der Waals surface area contributed by atoms with Gasteiger partial charge in [0.1, 0.15) is 17.3 Å². The van der Waals surface area contributed by atoms with Crippen molar-refractivity contribution in [3.05, 3.63) is 0 Å². The first-order chi connectivity index (χ1) is 15.0. The second-order valence-corrected chi connectivity index (χ2v) is 11.6. The van der Waals surface area contributed by atoms with E-state index in [4.69, 9.17) is 14.2 Å². The van der Waals surface area contributed by atoms with Crippen molar-refractivity contribution in [2.75, 3.05) is 6.61 Å². The molecular weight excluding hydrogens is 412 g/mol. The van der Waals surface area contributed by atoms with Crippen molar-refractivity contribution in [3.63, 3.8) is 0 Å². The Kier molecular flexibility index (Phi) is 4.90. The van der Waals surface area contributed by atoms with Gasteiger partial charge in [-0.2, -0.15) is 0 Å². The van der Waals surface area contributed by atoms with Gasteiger partial charge in [-0.1, -0.05) is 13.8 Å². The summed E-state index contributed by atoms with van der Waals surface area (Å²) in [5.74, 6) is 0.0358. The van der Waals surface area contributed by atoms with Crippen LogP contribution in [-0.4, -0.2) is 52.8 Å². The third kappa shape index (κ3) is 2.82. The molecule has 32 heavy (non-hydrogen) atoms. The van der Waals surface area contributed by atoms with Gasteiger partial charge in [-0.15, -0.1) is 0 Å². The minimum absolute atomic E-state index is 0.0288. The Morgan fingerprint density at radius 3 is 2.31 bits per heavy atom. The lowest BCUT2D eigenvalue weighted by molar-refractivity contribution is -0.175. The van der Waals surface area contributed by atoms with Crippen molar-refractivity contribution < 1.29 is 33.7 Å². The van der Waals surface area contributed by atoms with E-state index in [1.54, 1.807) is 0 Å². The number of Topliss-reactive ketones (excluding diaryl/α,β-unsaturated/α-hetero) is 1. The lowest BCUT2D eigenvalue weighted by Crippen LogP contribution is -2.61. The summed E-state index contributed by atoms with van der Waals surface area (Å²) >= 11 is 0. The van der Waals surface area contributed by atoms with Crippen molar-refractivity contribution >= 4 is 17.7 Å². The van der Waals surface area contributed by atoms with Crippen LogP contribution in [0.1, 0.15) is 79.1 Å². The molecule has 0 aromatic heterocycles. The third-order valence-electron chi connectivity index (χ3n) is 10.4. The Labute approximate surface area is 189 Å². The van der Waals surface area contributed by atoms with Gasteiger partial charge in [-0.25, -0.2) is 0 Å². The molecule has 7 nitrogen and oxygen atoms in total. The highest BCUT2D eigenvalue weighted by Gasteiger charge is 2.77. The summed E-state index contributed by atoms with van der Waals surface area (Å²) in [4.78, 5) is 35.7. The first kappa shape index (κ1) is 22.3. The smallest absolute Gasteiger partial charge is 0.303 e. The number of ketones is 1. The molecule has 5 rings (SSSR count). The first-order valence-corrected chi connectivity index (χ1v) is 12.2. The molecule has 0 aromatic carbocycles. The Morgan fingerprint density at radius 2 is 1.62 bits per heavy atom. The molecule has 0 aromatic rings. The van der Waals surface area contributed by atoms with E-state index in [0.717, 1.165) is 44.9 Å². The molecule has 5 fully saturated rings. The van der Waals surface area contributed by atoms with E-state index in [1.165, 1.54) is 13.8 Å². The van der Waals surface area contributed by atoms with Crippen molar-refractivity contribution in [1.29, 1.82) is 0 Å². The summed E-state index contributed by atoms with van der Waals surface area (Å²) in [6.07, 6.45) is 6.65. The molecule has 5 aliphatic rings. The van der Waals surface area contributed by atoms with E-state index in [0.29, 0.717) is 18.3 Å². The topological polar surface area (TPSA) is 102 Å². The first-order valence-electron chi connectivity index (χ1n) is 12.2. The molecule has 0 amide bonds. The van der Waals surface area contributed by atoms with E-state index >= 15 is 0 Å². The fourth-order valence-corrected chi connectivity index (χ4v) is 8.74. The van der Waals surface area contributed by atoms with Crippen LogP contribution in [0.4, 0.5) is 0 Å². The SMILES string of the molecule is CC(=O)OCC(=O)[C@]1(O)CC[C@@H]2[C@@H]3C[C@@H]4O[C@@]45C[C@H](OC(C)=O)CC[C@]5(C)[C@@H]3CC[C@@]21C. The summed E-state index contributed by atoms with van der Waals surface area (Å²) in [5, 5.41) is 11.6. The Morgan fingerprint density at radius 1 is 0.969 bits per heavy atom. The lowest BCUT2D eigenvalue weighted by Gasteiger charge is -2.59. The summed E-state index contributed by atoms with van der Waals surface area (Å²) in [6.45, 7) is 6.83. The predicted octanol–water partition coefficient (Wildman–Crippen LogP) is 2.96. The third-order valence-corrected chi connectivity index (χ3v) is 10.4. The van der Waals surface area contributed by atoms with Gasteiger partial charge in [0.2, 0.25) is 5.78 Å². The molecular formula is C25H36O7. The zero-order chi connectivity index (χ0) is 23.1. The maximum absolute atomic E-state index is 13.0. The number of aliphatic hydroxyl groups is 1. The zero-order valence-electron chi connectivity index (χ0n) is 19.6. The van der Waals surface area contributed by atoms with Crippen molar-refractivity contribution in [2.24, 2.45) is 28.6 Å². The highest BCUT2D eigenvalue weighted by molar-refractivity contribution is 5.90. The quantitative estimate of drug-likeness (QED) is 0.521. The van der Waals surface area contributed by atoms with E-state index in [2.05, 4.69) is 13.8 Å². The largest absolute Gasteiger partial charge is 0.462 e. The standard InChI is InChI=1S/C25H36O7/c1-14(26)30-13-20(28)24(29)10-7-18-17-11-21-25(32-21)12-16(31-15(2)27)5-8-23(25,4)19(17)6-9-22(18,24)3/h16-19,21,29H,5-13H2,1-4H3/t16-,17+,18-,19-,21+,22+,23-,24-,25+/m1/s1. The molecule has 9 atom stereocenters. The Hall–Kier alpha value is -1.47. The van der Waals surface area contributed by atoms with Gasteiger partial charge in [0.25, 0.3) is 0 Å². The number of epoxide rings is 1. The number of hydrogen-bond acceptors (Lipinski definition) is 7. The molecule has 4 aliphatic carbocycles. The number of ether oxygens (including phenoxy) is 3. The normalized spacial score (nSPS) is 50.8. The predicted molar refractivity (Wildman–Crippen MR) is 113 cm³/mol. The fourth-order valence-electron chi connectivity index (χ4n) is 8.74. The van der Waals surface area contributed by atoms with Crippen LogP contribution in [0.2, 0.25) is 0 Å². The molecule has 1 saturated heterocycles. The number of carbonyl (C=O) groups excluding carboxylic acids is 3. The number of fused-ring (bicyclic) bond motifs is 4. The van der Waals surface area contributed by atoms with Crippen molar-refractivity contribution in [3.8, 4) is 0 Å². The Balaban J connectivity index is 1.38. The van der Waals surface area contributed by atoms with Crippen LogP contribution in [-0.2, 0) is 28.6 Å². The number of carbonyl (C=O) groups is 3. The molecule has 0 unspecified atom stereocenters. The molecule has 1 spiro atoms. The van der Waals surface area contributed by atoms with Gasteiger partial charge in [0.05, 0.1) is 6.10 Å². The minimum atomic E-state index is -1.44. The maximum Gasteiger partial charge on any atom is 0.303 e. The summed E-state index contributed by atoms with van der Waals surface area (Å²) < 4.78 is 17.0. The van der Waals surface area contributed by atoms with E-state index in [-0.39, 0.29) is 47.5 Å².